The highest BCUT2D eigenvalue weighted by atomic mass is 127. The molecule has 8 nitrogen and oxygen atoms in total. The van der Waals surface area contributed by atoms with Crippen LogP contribution in [0, 0.1) is 0 Å². The second kappa shape index (κ2) is 11.4. The molecule has 0 saturated carbocycles. The van der Waals surface area contributed by atoms with Crippen LogP contribution in [0.1, 0.15) is 20.3 Å². The Morgan fingerprint density at radius 2 is 1.83 bits per heavy atom. The zero-order valence-corrected chi connectivity index (χ0v) is 18.2. The maximum atomic E-state index is 11.0. The van der Waals surface area contributed by atoms with E-state index in [-0.39, 0.29) is 29.5 Å². The SMILES string of the molecule is CN=C(NCCCNS(C)(=O)=O)NCC(C)(C)N1CCOCC1.I. The number of rotatable bonds is 8. The van der Waals surface area contributed by atoms with Gasteiger partial charge in [0.2, 0.25) is 10.0 Å². The molecular formula is C14H32IN5O3S. The van der Waals surface area contributed by atoms with Crippen molar-refractivity contribution in [2.45, 2.75) is 25.8 Å². The van der Waals surface area contributed by atoms with Crippen molar-refractivity contribution in [3.8, 4) is 0 Å². The number of nitrogens with one attached hydrogen (secondary N) is 3. The van der Waals surface area contributed by atoms with Crippen LogP contribution in [0.3, 0.4) is 0 Å². The van der Waals surface area contributed by atoms with Crippen LogP contribution >= 0.6 is 24.0 Å². The second-order valence-electron chi connectivity index (χ2n) is 6.28. The Labute approximate surface area is 163 Å². The largest absolute Gasteiger partial charge is 0.379 e. The average molecular weight is 477 g/mol. The highest BCUT2D eigenvalue weighted by Crippen LogP contribution is 2.14. The van der Waals surface area contributed by atoms with Gasteiger partial charge in [-0.2, -0.15) is 0 Å². The number of hydrogen-bond acceptors (Lipinski definition) is 5. The highest BCUT2D eigenvalue weighted by molar-refractivity contribution is 14.0. The summed E-state index contributed by atoms with van der Waals surface area (Å²) in [6.45, 7) is 9.70. The lowest BCUT2D eigenvalue weighted by atomic mass is 10.0. The maximum absolute atomic E-state index is 11.0. The van der Waals surface area contributed by atoms with E-state index >= 15 is 0 Å². The number of aliphatic imine (C=N–C) groups is 1. The van der Waals surface area contributed by atoms with Crippen molar-refractivity contribution in [2.75, 3.05) is 59.2 Å². The van der Waals surface area contributed by atoms with Crippen molar-refractivity contribution in [1.82, 2.24) is 20.3 Å². The van der Waals surface area contributed by atoms with E-state index in [1.54, 1.807) is 7.05 Å². The van der Waals surface area contributed by atoms with E-state index in [4.69, 9.17) is 4.74 Å². The molecule has 0 atom stereocenters. The summed E-state index contributed by atoms with van der Waals surface area (Å²) in [6.07, 6.45) is 1.86. The van der Waals surface area contributed by atoms with Crippen LogP contribution < -0.4 is 15.4 Å². The van der Waals surface area contributed by atoms with Crippen LogP contribution in [0.15, 0.2) is 4.99 Å². The fourth-order valence-electron chi connectivity index (χ4n) is 2.35. The number of halogens is 1. The lowest BCUT2D eigenvalue weighted by molar-refractivity contribution is -0.00833. The third-order valence-electron chi connectivity index (χ3n) is 3.79. The Balaban J connectivity index is 0.00000529. The number of guanidine groups is 1. The van der Waals surface area contributed by atoms with Gasteiger partial charge < -0.3 is 15.4 Å². The Hall–Kier alpha value is -0.170. The molecule has 0 unspecified atom stereocenters. The van der Waals surface area contributed by atoms with Gasteiger partial charge in [-0.3, -0.25) is 9.89 Å². The van der Waals surface area contributed by atoms with E-state index in [0.29, 0.717) is 19.5 Å². The summed E-state index contributed by atoms with van der Waals surface area (Å²) in [7, 11) is -1.38. The maximum Gasteiger partial charge on any atom is 0.208 e. The summed E-state index contributed by atoms with van der Waals surface area (Å²) < 4.78 is 29.8. The van der Waals surface area contributed by atoms with Gasteiger partial charge in [0.05, 0.1) is 19.5 Å². The van der Waals surface area contributed by atoms with E-state index in [1.165, 1.54) is 0 Å². The van der Waals surface area contributed by atoms with Crippen LogP contribution in [-0.2, 0) is 14.8 Å². The van der Waals surface area contributed by atoms with E-state index in [2.05, 4.69) is 39.1 Å². The quantitative estimate of drug-likeness (QED) is 0.194. The third-order valence-corrected chi connectivity index (χ3v) is 4.52. The first-order valence-corrected chi connectivity index (χ1v) is 9.86. The van der Waals surface area contributed by atoms with Crippen LogP contribution in [-0.4, -0.2) is 84.1 Å². The Kier molecular flexibility index (Phi) is 11.4. The summed E-state index contributed by atoms with van der Waals surface area (Å²) >= 11 is 0. The third kappa shape index (κ3) is 9.97. The fraction of sp³-hybridized carbons (Fsp3) is 0.929. The molecule has 0 spiro atoms. The normalized spacial score (nSPS) is 17.2. The molecule has 0 bridgehead atoms. The minimum atomic E-state index is -3.11. The van der Waals surface area contributed by atoms with Crippen molar-refractivity contribution in [3.05, 3.63) is 0 Å². The molecule has 1 rings (SSSR count). The summed E-state index contributed by atoms with van der Waals surface area (Å²) in [5.74, 6) is 0.727. The molecule has 0 amide bonds. The first-order chi connectivity index (χ1) is 10.7. The summed E-state index contributed by atoms with van der Waals surface area (Å²) in [5, 5.41) is 6.52. The molecule has 0 aromatic rings. The number of hydrogen-bond donors (Lipinski definition) is 3. The molecule has 1 fully saturated rings. The van der Waals surface area contributed by atoms with Crippen LogP contribution in [0.5, 0.6) is 0 Å². The minimum absolute atomic E-state index is 0. The zero-order chi connectivity index (χ0) is 17.3. The van der Waals surface area contributed by atoms with Crippen molar-refractivity contribution in [1.29, 1.82) is 0 Å². The summed E-state index contributed by atoms with van der Waals surface area (Å²) in [6, 6.07) is 0. The van der Waals surface area contributed by atoms with Gasteiger partial charge in [-0.05, 0) is 20.3 Å². The van der Waals surface area contributed by atoms with Crippen molar-refractivity contribution < 1.29 is 13.2 Å². The molecule has 0 radical (unpaired) electrons. The lowest BCUT2D eigenvalue weighted by Crippen LogP contribution is -2.56. The van der Waals surface area contributed by atoms with Gasteiger partial charge in [0.25, 0.3) is 0 Å². The summed E-state index contributed by atoms with van der Waals surface area (Å²) in [4.78, 5) is 6.60. The van der Waals surface area contributed by atoms with E-state index < -0.39 is 10.0 Å². The predicted octanol–water partition coefficient (Wildman–Crippen LogP) is -0.180. The molecule has 24 heavy (non-hydrogen) atoms. The standard InChI is InChI=1S/C14H31N5O3S.HI/c1-14(2,19-8-10-22-11-9-19)12-17-13(15-3)16-6-5-7-18-23(4,20)21;/h18H,5-12H2,1-4H3,(H2,15,16,17);1H. The molecular weight excluding hydrogens is 445 g/mol. The molecule has 0 aromatic heterocycles. The molecule has 10 heteroatoms. The highest BCUT2D eigenvalue weighted by Gasteiger charge is 2.28. The number of nitrogens with zero attached hydrogens (tertiary/aromatic N) is 2. The molecule has 1 aliphatic heterocycles. The Morgan fingerprint density at radius 3 is 2.38 bits per heavy atom. The molecule has 1 aliphatic rings. The average Bonchev–Trinajstić information content (AvgIpc) is 2.50. The van der Waals surface area contributed by atoms with E-state index in [0.717, 1.165) is 45.1 Å². The monoisotopic (exact) mass is 477 g/mol. The van der Waals surface area contributed by atoms with Crippen molar-refractivity contribution >= 4 is 40.0 Å². The van der Waals surface area contributed by atoms with E-state index in [1.807, 2.05) is 0 Å². The molecule has 0 aliphatic carbocycles. The lowest BCUT2D eigenvalue weighted by Gasteiger charge is -2.41. The summed E-state index contributed by atoms with van der Waals surface area (Å²) in [5.41, 5.74) is 0.0131. The van der Waals surface area contributed by atoms with Crippen LogP contribution in [0.4, 0.5) is 0 Å². The second-order valence-corrected chi connectivity index (χ2v) is 8.12. The Bertz CT molecular complexity index is 479. The van der Waals surface area contributed by atoms with Gasteiger partial charge in [0.15, 0.2) is 5.96 Å². The predicted molar refractivity (Wildman–Crippen MR) is 109 cm³/mol. The van der Waals surface area contributed by atoms with Crippen molar-refractivity contribution in [3.63, 3.8) is 0 Å². The van der Waals surface area contributed by atoms with Crippen LogP contribution in [0.2, 0.25) is 0 Å². The number of morpholine rings is 1. The molecule has 0 aromatic carbocycles. The van der Waals surface area contributed by atoms with E-state index in [9.17, 15) is 8.42 Å². The minimum Gasteiger partial charge on any atom is -0.379 e. The first-order valence-electron chi connectivity index (χ1n) is 7.96. The van der Waals surface area contributed by atoms with Gasteiger partial charge in [-0.15, -0.1) is 24.0 Å². The fourth-order valence-corrected chi connectivity index (χ4v) is 2.87. The smallest absolute Gasteiger partial charge is 0.208 e. The van der Waals surface area contributed by atoms with Crippen molar-refractivity contribution in [2.24, 2.45) is 4.99 Å². The molecule has 3 N–H and O–H groups in total. The topological polar surface area (TPSA) is 95.1 Å². The first kappa shape index (κ1) is 23.8. The van der Waals surface area contributed by atoms with Gasteiger partial charge in [0, 0.05) is 45.3 Å². The zero-order valence-electron chi connectivity index (χ0n) is 15.1. The number of sulfonamides is 1. The molecule has 1 heterocycles. The van der Waals surface area contributed by atoms with Crippen LogP contribution in [0.25, 0.3) is 0 Å². The van der Waals surface area contributed by atoms with Gasteiger partial charge in [-0.25, -0.2) is 13.1 Å². The number of ether oxygens (including phenoxy) is 1. The van der Waals surface area contributed by atoms with Gasteiger partial charge >= 0.3 is 0 Å². The van der Waals surface area contributed by atoms with Gasteiger partial charge in [0.1, 0.15) is 0 Å². The van der Waals surface area contributed by atoms with Gasteiger partial charge in [-0.1, -0.05) is 0 Å². The Morgan fingerprint density at radius 1 is 1.21 bits per heavy atom. The molecule has 144 valence electrons. The molecule has 1 saturated heterocycles.